The first kappa shape index (κ1) is 25.5. The molecule has 1 aliphatic carbocycles. The first-order valence-electron chi connectivity index (χ1n) is 12.9. The van der Waals surface area contributed by atoms with Crippen LogP contribution in [0.2, 0.25) is 0 Å². The molecular weight excluding hydrogens is 478 g/mol. The zero-order chi connectivity index (χ0) is 25.9. The van der Waals surface area contributed by atoms with Gasteiger partial charge in [-0.15, -0.1) is 0 Å². The molecule has 2 fully saturated rings. The van der Waals surface area contributed by atoms with Crippen LogP contribution in [0.4, 0.5) is 8.78 Å². The molecule has 8 heteroatoms. The summed E-state index contributed by atoms with van der Waals surface area (Å²) >= 11 is 0. The first-order chi connectivity index (χ1) is 17.9. The number of alkyl halides is 2. The Bertz CT molecular complexity index is 1220. The molecule has 3 atom stereocenters. The van der Waals surface area contributed by atoms with Crippen LogP contribution in [0.3, 0.4) is 0 Å². The zero-order valence-electron chi connectivity index (χ0n) is 20.5. The molecule has 0 amide bonds. The third kappa shape index (κ3) is 5.75. The lowest BCUT2D eigenvalue weighted by Crippen LogP contribution is -2.52. The van der Waals surface area contributed by atoms with Crippen LogP contribution < -0.4 is 4.74 Å². The van der Waals surface area contributed by atoms with Crippen molar-refractivity contribution in [2.45, 2.75) is 56.8 Å². The molecule has 2 N–H and O–H groups in total. The van der Waals surface area contributed by atoms with E-state index in [1.54, 1.807) is 18.3 Å². The van der Waals surface area contributed by atoms with Gasteiger partial charge in [0, 0.05) is 24.2 Å². The van der Waals surface area contributed by atoms with E-state index in [4.69, 9.17) is 0 Å². The number of aliphatic hydroxyl groups excluding tert-OH is 1. The van der Waals surface area contributed by atoms with Gasteiger partial charge in [0.1, 0.15) is 5.75 Å². The number of aliphatic carboxylic acids is 1. The van der Waals surface area contributed by atoms with Crippen LogP contribution in [-0.4, -0.2) is 51.8 Å². The van der Waals surface area contributed by atoms with E-state index in [0.717, 1.165) is 25.8 Å². The molecule has 0 spiro atoms. The molecule has 3 aromatic rings. The van der Waals surface area contributed by atoms with Crippen LogP contribution in [0.15, 0.2) is 60.8 Å². The number of carbonyl (C=O) groups is 1. The van der Waals surface area contributed by atoms with Crippen molar-refractivity contribution in [3.63, 3.8) is 0 Å². The average Bonchev–Trinajstić information content (AvgIpc) is 2.86. The van der Waals surface area contributed by atoms with E-state index in [2.05, 4.69) is 38.9 Å². The van der Waals surface area contributed by atoms with Gasteiger partial charge in [-0.2, -0.15) is 8.78 Å². The number of benzene rings is 2. The maximum absolute atomic E-state index is 12.7. The van der Waals surface area contributed by atoms with Gasteiger partial charge in [0.05, 0.1) is 17.5 Å². The maximum Gasteiger partial charge on any atom is 0.387 e. The van der Waals surface area contributed by atoms with Gasteiger partial charge in [0.25, 0.3) is 0 Å². The van der Waals surface area contributed by atoms with Gasteiger partial charge < -0.3 is 14.9 Å². The van der Waals surface area contributed by atoms with Crippen molar-refractivity contribution in [1.29, 1.82) is 0 Å². The van der Waals surface area contributed by atoms with Gasteiger partial charge in [0.2, 0.25) is 0 Å². The number of nitrogens with zero attached hydrogens (tertiary/aromatic N) is 2. The highest BCUT2D eigenvalue weighted by Gasteiger charge is 2.41. The van der Waals surface area contributed by atoms with Gasteiger partial charge in [0.15, 0.2) is 0 Å². The smallest absolute Gasteiger partial charge is 0.387 e. The molecule has 1 saturated carbocycles. The molecule has 6 nitrogen and oxygen atoms in total. The number of hydrogen-bond acceptors (Lipinski definition) is 5. The minimum atomic E-state index is -2.94. The van der Waals surface area contributed by atoms with E-state index < -0.39 is 24.6 Å². The normalized spacial score (nSPS) is 25.1. The lowest BCUT2D eigenvalue weighted by Gasteiger charge is -2.47. The summed E-state index contributed by atoms with van der Waals surface area (Å²) in [5.74, 6) is -0.737. The van der Waals surface area contributed by atoms with Crippen molar-refractivity contribution in [3.05, 3.63) is 71.9 Å². The number of piperidine rings is 1. The molecule has 1 saturated heterocycles. The third-order valence-electron chi connectivity index (χ3n) is 8.15. The Morgan fingerprint density at radius 2 is 1.92 bits per heavy atom. The van der Waals surface area contributed by atoms with Crippen LogP contribution in [0.5, 0.6) is 5.75 Å². The second-order valence-electron chi connectivity index (χ2n) is 10.3. The van der Waals surface area contributed by atoms with Gasteiger partial charge in [-0.3, -0.25) is 14.7 Å². The number of rotatable bonds is 9. The van der Waals surface area contributed by atoms with Crippen molar-refractivity contribution in [2.24, 2.45) is 11.8 Å². The maximum atomic E-state index is 12.7. The third-order valence-corrected chi connectivity index (χ3v) is 8.15. The second-order valence-corrected chi connectivity index (χ2v) is 10.3. The van der Waals surface area contributed by atoms with Crippen LogP contribution in [0.25, 0.3) is 10.9 Å². The number of fused-ring (bicyclic) bond motifs is 1. The Kier molecular flexibility index (Phi) is 7.67. The fourth-order valence-electron chi connectivity index (χ4n) is 6.01. The summed E-state index contributed by atoms with van der Waals surface area (Å²) in [6.07, 6.45) is 4.57. The first-order valence-corrected chi connectivity index (χ1v) is 12.9. The van der Waals surface area contributed by atoms with E-state index in [-0.39, 0.29) is 11.7 Å². The molecule has 2 aliphatic rings. The summed E-state index contributed by atoms with van der Waals surface area (Å²) in [4.78, 5) is 18.8. The van der Waals surface area contributed by atoms with Crippen LogP contribution in [-0.2, 0) is 4.79 Å². The fraction of sp³-hybridized carbons (Fsp3) is 0.448. The number of ether oxygens (including phenoxy) is 1. The lowest BCUT2D eigenvalue weighted by atomic mass is 9.73. The zero-order valence-corrected chi connectivity index (χ0v) is 20.5. The summed E-state index contributed by atoms with van der Waals surface area (Å²) in [6, 6.07) is 17.1. The number of pyridine rings is 1. The van der Waals surface area contributed by atoms with E-state index in [1.165, 1.54) is 17.7 Å². The molecule has 0 bridgehead atoms. The molecule has 2 heterocycles. The predicted octanol–water partition coefficient (Wildman–Crippen LogP) is 5.62. The van der Waals surface area contributed by atoms with Crippen LogP contribution in [0.1, 0.15) is 55.3 Å². The molecule has 37 heavy (non-hydrogen) atoms. The molecule has 2 aromatic carbocycles. The standard InChI is InChI=1S/C29H32F2N2O4/c30-29(31)37-22-7-8-26-24(16-22)23(10-12-32-26)27(34)9-6-19-11-13-33(17-25(19)28(35)36)21-14-20(15-21)18-4-2-1-3-5-18/h1-5,7-8,10,12,16,19-21,25,27,29,34H,6,9,11,13-15,17H2,(H,35,36)/t19-,20?,21?,25+,27?/m1/s1. The van der Waals surface area contributed by atoms with Gasteiger partial charge in [-0.25, -0.2) is 0 Å². The minimum Gasteiger partial charge on any atom is -0.481 e. The summed E-state index contributed by atoms with van der Waals surface area (Å²) < 4.78 is 29.9. The number of hydrogen-bond donors (Lipinski definition) is 2. The number of aromatic nitrogens is 1. The van der Waals surface area contributed by atoms with Crippen LogP contribution in [0, 0.1) is 11.8 Å². The molecule has 196 valence electrons. The highest BCUT2D eigenvalue weighted by molar-refractivity contribution is 5.83. The molecule has 5 rings (SSSR count). The lowest BCUT2D eigenvalue weighted by molar-refractivity contribution is -0.147. The van der Waals surface area contributed by atoms with Crippen molar-refractivity contribution in [1.82, 2.24) is 9.88 Å². The Labute approximate surface area is 214 Å². The Morgan fingerprint density at radius 3 is 2.65 bits per heavy atom. The number of carboxylic acids is 1. The largest absolute Gasteiger partial charge is 0.481 e. The number of aliphatic hydroxyl groups is 1. The minimum absolute atomic E-state index is 0.00719. The molecule has 1 aromatic heterocycles. The van der Waals surface area contributed by atoms with Crippen molar-refractivity contribution in [3.8, 4) is 5.75 Å². The molecule has 0 radical (unpaired) electrons. The van der Waals surface area contributed by atoms with E-state index in [9.17, 15) is 23.8 Å². The Balaban J connectivity index is 1.20. The number of carboxylic acid groups (broad SMARTS) is 1. The summed E-state index contributed by atoms with van der Waals surface area (Å²) in [5, 5.41) is 21.5. The Morgan fingerprint density at radius 1 is 1.14 bits per heavy atom. The van der Waals surface area contributed by atoms with Crippen LogP contribution >= 0.6 is 0 Å². The molecule has 1 unspecified atom stereocenters. The van der Waals surface area contributed by atoms with Crippen molar-refractivity contribution in [2.75, 3.05) is 13.1 Å². The molecule has 1 aliphatic heterocycles. The van der Waals surface area contributed by atoms with Crippen molar-refractivity contribution >= 4 is 16.9 Å². The van der Waals surface area contributed by atoms with Gasteiger partial charge in [-0.1, -0.05) is 30.3 Å². The van der Waals surface area contributed by atoms with Gasteiger partial charge >= 0.3 is 12.6 Å². The predicted molar refractivity (Wildman–Crippen MR) is 136 cm³/mol. The topological polar surface area (TPSA) is 82.9 Å². The summed E-state index contributed by atoms with van der Waals surface area (Å²) in [7, 11) is 0. The highest BCUT2D eigenvalue weighted by Crippen LogP contribution is 2.42. The second kappa shape index (κ2) is 11.1. The quantitative estimate of drug-likeness (QED) is 0.389. The summed E-state index contributed by atoms with van der Waals surface area (Å²) in [6.45, 7) is -1.54. The summed E-state index contributed by atoms with van der Waals surface area (Å²) in [5.41, 5.74) is 2.51. The number of halogens is 2. The van der Waals surface area contributed by atoms with Gasteiger partial charge in [-0.05, 0) is 85.9 Å². The molecular formula is C29H32F2N2O4. The highest BCUT2D eigenvalue weighted by atomic mass is 19.3. The van der Waals surface area contributed by atoms with E-state index in [1.807, 2.05) is 6.07 Å². The Hall–Kier alpha value is -3.10. The fourth-order valence-corrected chi connectivity index (χ4v) is 6.01. The van der Waals surface area contributed by atoms with E-state index >= 15 is 0 Å². The van der Waals surface area contributed by atoms with Crippen molar-refractivity contribution < 1.29 is 28.5 Å². The SMILES string of the molecule is O=C(O)[C@H]1CN(C2CC(c3ccccc3)C2)CC[C@H]1CCC(O)c1ccnc2ccc(OC(F)F)cc12. The van der Waals surface area contributed by atoms with E-state index in [0.29, 0.717) is 47.8 Å². The monoisotopic (exact) mass is 510 g/mol. The number of likely N-dealkylation sites (tertiary alicyclic amines) is 1. The average molecular weight is 511 g/mol.